The van der Waals surface area contributed by atoms with Gasteiger partial charge in [-0.05, 0) is 6.92 Å². The molecule has 0 aliphatic heterocycles. The first-order valence-electron chi connectivity index (χ1n) is 5.89. The number of hydrogen-bond acceptors (Lipinski definition) is 5. The van der Waals surface area contributed by atoms with Crippen LogP contribution < -0.4 is 10.6 Å². The smallest absolute Gasteiger partial charge is 0.361 e. The summed E-state index contributed by atoms with van der Waals surface area (Å²) in [4.78, 5) is 20.1. The molecule has 1 heterocycles. The van der Waals surface area contributed by atoms with Gasteiger partial charge in [-0.2, -0.15) is 18.2 Å². The first-order chi connectivity index (χ1) is 9.27. The molecule has 0 radical (unpaired) electrons. The number of nitrogens with zero attached hydrogens (tertiary/aromatic N) is 3. The Labute approximate surface area is 114 Å². The average Bonchev–Trinajstić information content (AvgIpc) is 2.42. The zero-order valence-electron chi connectivity index (χ0n) is 11.4. The van der Waals surface area contributed by atoms with Crippen molar-refractivity contribution in [1.82, 2.24) is 14.9 Å². The topological polar surface area (TPSA) is 70.2 Å². The molecule has 1 aromatic heterocycles. The van der Waals surface area contributed by atoms with Crippen molar-refractivity contribution < 1.29 is 18.0 Å². The van der Waals surface area contributed by atoms with Crippen LogP contribution in [0.3, 0.4) is 0 Å². The highest BCUT2D eigenvalue weighted by Crippen LogP contribution is 2.29. The molecule has 112 valence electrons. The molecule has 0 unspecified atom stereocenters. The minimum Gasteiger partial charge on any atom is -0.361 e. The summed E-state index contributed by atoms with van der Waals surface area (Å²) < 4.78 is 37.9. The molecular formula is C11H16F3N5O. The summed E-state index contributed by atoms with van der Waals surface area (Å²) in [7, 11) is 3.01. The Morgan fingerprint density at radius 2 is 2.05 bits per heavy atom. The van der Waals surface area contributed by atoms with Gasteiger partial charge in [0.25, 0.3) is 0 Å². The van der Waals surface area contributed by atoms with Gasteiger partial charge in [-0.15, -0.1) is 0 Å². The van der Waals surface area contributed by atoms with E-state index in [2.05, 4.69) is 20.6 Å². The number of hydrogen-bond donors (Lipinski definition) is 2. The van der Waals surface area contributed by atoms with E-state index in [9.17, 15) is 18.0 Å². The Balaban J connectivity index is 2.87. The summed E-state index contributed by atoms with van der Waals surface area (Å²) in [5.41, 5.74) is -1.07. The van der Waals surface area contributed by atoms with Crippen LogP contribution in [0.2, 0.25) is 0 Å². The van der Waals surface area contributed by atoms with E-state index in [0.717, 1.165) is 6.07 Å². The zero-order valence-corrected chi connectivity index (χ0v) is 11.4. The van der Waals surface area contributed by atoms with Gasteiger partial charge >= 0.3 is 6.18 Å². The molecule has 0 aliphatic carbocycles. The van der Waals surface area contributed by atoms with Crippen LogP contribution in [0.4, 0.5) is 24.9 Å². The van der Waals surface area contributed by atoms with Gasteiger partial charge in [0.15, 0.2) is 5.69 Å². The number of nitrogens with one attached hydrogen (secondary N) is 2. The summed E-state index contributed by atoms with van der Waals surface area (Å²) in [6, 6.07) is 0.764. The summed E-state index contributed by atoms with van der Waals surface area (Å²) in [5, 5.41) is 5.01. The second-order valence-electron chi connectivity index (χ2n) is 3.97. The van der Waals surface area contributed by atoms with Gasteiger partial charge in [-0.1, -0.05) is 0 Å². The maximum Gasteiger partial charge on any atom is 0.433 e. The molecule has 1 aromatic rings. The molecule has 0 aromatic carbocycles. The number of likely N-dealkylation sites (N-methyl/N-ethyl adjacent to an activating group) is 1. The molecule has 1 amide bonds. The van der Waals surface area contributed by atoms with Crippen LogP contribution in [0.15, 0.2) is 6.07 Å². The standard InChI is InChI=1S/C11H16F3N5O/c1-4-19(3)9(20)6-16-8-5-7(11(12,13)14)17-10(15-2)18-8/h5H,4,6H2,1-3H3,(H2,15,16,17,18). The lowest BCUT2D eigenvalue weighted by Crippen LogP contribution is -2.32. The minimum absolute atomic E-state index is 0.0606. The number of halogens is 3. The highest BCUT2D eigenvalue weighted by molar-refractivity contribution is 5.80. The molecule has 0 spiro atoms. The van der Waals surface area contributed by atoms with Crippen LogP contribution in [0.25, 0.3) is 0 Å². The van der Waals surface area contributed by atoms with Crippen LogP contribution in [0.1, 0.15) is 12.6 Å². The highest BCUT2D eigenvalue weighted by atomic mass is 19.4. The second-order valence-corrected chi connectivity index (χ2v) is 3.97. The van der Waals surface area contributed by atoms with Gasteiger partial charge in [0, 0.05) is 26.7 Å². The Hall–Kier alpha value is -2.06. The number of rotatable bonds is 5. The number of carbonyl (C=O) groups excluding carboxylic acids is 1. The van der Waals surface area contributed by atoms with Gasteiger partial charge in [0.05, 0.1) is 6.54 Å². The number of anilines is 2. The van der Waals surface area contributed by atoms with E-state index in [1.165, 1.54) is 11.9 Å². The quantitative estimate of drug-likeness (QED) is 0.859. The summed E-state index contributed by atoms with van der Waals surface area (Å²) in [5.74, 6) is -0.473. The lowest BCUT2D eigenvalue weighted by molar-refractivity contribution is -0.141. The molecule has 0 aliphatic rings. The fourth-order valence-electron chi connectivity index (χ4n) is 1.27. The fourth-order valence-corrected chi connectivity index (χ4v) is 1.27. The van der Waals surface area contributed by atoms with Crippen molar-refractivity contribution in [2.75, 3.05) is 37.8 Å². The van der Waals surface area contributed by atoms with E-state index in [4.69, 9.17) is 0 Å². The predicted octanol–water partition coefficient (Wildman–Crippen LogP) is 1.43. The fraction of sp³-hybridized carbons (Fsp3) is 0.545. The van der Waals surface area contributed by atoms with Gasteiger partial charge in [0.2, 0.25) is 11.9 Å². The third kappa shape index (κ3) is 4.25. The normalized spacial score (nSPS) is 11.1. The number of carbonyl (C=O) groups is 1. The van der Waals surface area contributed by atoms with Crippen molar-refractivity contribution in [2.45, 2.75) is 13.1 Å². The largest absolute Gasteiger partial charge is 0.433 e. The number of alkyl halides is 3. The molecule has 6 nitrogen and oxygen atoms in total. The van der Waals surface area contributed by atoms with Crippen molar-refractivity contribution in [3.05, 3.63) is 11.8 Å². The van der Waals surface area contributed by atoms with Crippen LogP contribution in [-0.2, 0) is 11.0 Å². The van der Waals surface area contributed by atoms with Crippen molar-refractivity contribution in [3.8, 4) is 0 Å². The molecule has 9 heteroatoms. The molecule has 1 rings (SSSR count). The zero-order chi connectivity index (χ0) is 15.3. The third-order valence-corrected chi connectivity index (χ3v) is 2.56. The lowest BCUT2D eigenvalue weighted by atomic mass is 10.3. The SMILES string of the molecule is CCN(C)C(=O)CNc1cc(C(F)(F)F)nc(NC)n1. The van der Waals surface area contributed by atoms with Crippen LogP contribution >= 0.6 is 0 Å². The monoisotopic (exact) mass is 291 g/mol. The van der Waals surface area contributed by atoms with Crippen LogP contribution in [-0.4, -0.2) is 48.0 Å². The molecule has 0 atom stereocenters. The second kappa shape index (κ2) is 6.40. The van der Waals surface area contributed by atoms with Crippen LogP contribution in [0.5, 0.6) is 0 Å². The molecule has 2 N–H and O–H groups in total. The Kier molecular flexibility index (Phi) is 5.12. The average molecular weight is 291 g/mol. The van der Waals surface area contributed by atoms with Gasteiger partial charge in [-0.25, -0.2) is 4.98 Å². The Morgan fingerprint density at radius 3 is 2.55 bits per heavy atom. The van der Waals surface area contributed by atoms with Crippen LogP contribution in [0, 0.1) is 0 Å². The summed E-state index contributed by atoms with van der Waals surface area (Å²) in [6.07, 6.45) is -4.57. The van der Waals surface area contributed by atoms with Crippen molar-refractivity contribution in [2.24, 2.45) is 0 Å². The predicted molar refractivity (Wildman–Crippen MR) is 68.4 cm³/mol. The Bertz CT molecular complexity index is 478. The van der Waals surface area contributed by atoms with Crippen molar-refractivity contribution in [3.63, 3.8) is 0 Å². The van der Waals surface area contributed by atoms with E-state index >= 15 is 0 Å². The van der Waals surface area contributed by atoms with Gasteiger partial charge in [0.1, 0.15) is 5.82 Å². The molecule has 0 saturated heterocycles. The van der Waals surface area contributed by atoms with Crippen molar-refractivity contribution >= 4 is 17.7 Å². The number of aromatic nitrogens is 2. The first-order valence-corrected chi connectivity index (χ1v) is 5.89. The molecule has 20 heavy (non-hydrogen) atoms. The van der Waals surface area contributed by atoms with E-state index in [1.807, 2.05) is 0 Å². The van der Waals surface area contributed by atoms with E-state index in [1.54, 1.807) is 14.0 Å². The molecule has 0 fully saturated rings. The summed E-state index contributed by atoms with van der Waals surface area (Å²) >= 11 is 0. The van der Waals surface area contributed by atoms with E-state index in [-0.39, 0.29) is 24.2 Å². The number of amides is 1. The minimum atomic E-state index is -4.57. The lowest BCUT2D eigenvalue weighted by Gasteiger charge is -2.15. The maximum absolute atomic E-state index is 12.6. The van der Waals surface area contributed by atoms with E-state index < -0.39 is 11.9 Å². The Morgan fingerprint density at radius 1 is 1.40 bits per heavy atom. The molecule has 0 saturated carbocycles. The summed E-state index contributed by atoms with van der Waals surface area (Å²) in [6.45, 7) is 2.17. The maximum atomic E-state index is 12.6. The third-order valence-electron chi connectivity index (χ3n) is 2.56. The molecule has 0 bridgehead atoms. The van der Waals surface area contributed by atoms with Gasteiger partial charge < -0.3 is 15.5 Å². The van der Waals surface area contributed by atoms with Crippen molar-refractivity contribution in [1.29, 1.82) is 0 Å². The van der Waals surface area contributed by atoms with E-state index in [0.29, 0.717) is 6.54 Å². The van der Waals surface area contributed by atoms with Gasteiger partial charge in [-0.3, -0.25) is 4.79 Å². The highest BCUT2D eigenvalue weighted by Gasteiger charge is 2.33. The first kappa shape index (κ1) is 16.0. The molecular weight excluding hydrogens is 275 g/mol.